The standard InChI is InChI=1S/C24H27N7O4/c1-33-20-12-18-19(13-21(20)34-10-2-5-30-6-8-31(9-7-30)24(25)32)28-15-29-23(18)35-17-11-16-3-4-26-22(16)27-14-17/h3-4,11-15H,2,5-10H2,1H3,(H2,25,32)(H,26,27). The maximum atomic E-state index is 11.3. The van der Waals surface area contributed by atoms with Crippen molar-refractivity contribution >= 4 is 28.0 Å². The number of piperazine rings is 1. The number of fused-ring (bicyclic) bond motifs is 2. The van der Waals surface area contributed by atoms with Crippen LogP contribution in [0.5, 0.6) is 23.1 Å². The molecule has 3 aromatic heterocycles. The lowest BCUT2D eigenvalue weighted by molar-refractivity contribution is 0.138. The SMILES string of the molecule is COc1cc2c(Oc3cnc4[nH]ccc4c3)ncnc2cc1OCCCN1CCN(C(N)=O)CC1. The minimum atomic E-state index is -0.354. The largest absolute Gasteiger partial charge is 0.493 e. The number of aromatic nitrogens is 4. The molecular formula is C24H27N7O4. The van der Waals surface area contributed by atoms with Crippen molar-refractivity contribution in [3.05, 3.63) is 43.0 Å². The van der Waals surface area contributed by atoms with E-state index in [0.717, 1.165) is 37.1 Å². The molecule has 0 saturated carbocycles. The summed E-state index contributed by atoms with van der Waals surface area (Å²) < 4.78 is 17.6. The molecule has 1 saturated heterocycles. The van der Waals surface area contributed by atoms with E-state index in [1.54, 1.807) is 18.2 Å². The highest BCUT2D eigenvalue weighted by atomic mass is 16.5. The number of amides is 2. The smallest absolute Gasteiger partial charge is 0.314 e. The summed E-state index contributed by atoms with van der Waals surface area (Å²) in [6.07, 6.45) is 5.78. The van der Waals surface area contributed by atoms with E-state index in [2.05, 4.69) is 24.8 Å². The fourth-order valence-electron chi connectivity index (χ4n) is 4.14. The molecule has 0 unspecified atom stereocenters. The second kappa shape index (κ2) is 10.0. The lowest BCUT2D eigenvalue weighted by atomic mass is 10.2. The second-order valence-electron chi connectivity index (χ2n) is 8.26. The fraction of sp³-hybridized carbons (Fsp3) is 0.333. The van der Waals surface area contributed by atoms with Gasteiger partial charge in [0.15, 0.2) is 11.5 Å². The average Bonchev–Trinajstić information content (AvgIpc) is 3.34. The molecule has 0 bridgehead atoms. The fourth-order valence-corrected chi connectivity index (χ4v) is 4.14. The first-order valence-corrected chi connectivity index (χ1v) is 11.4. The van der Waals surface area contributed by atoms with E-state index in [9.17, 15) is 4.79 Å². The number of carbonyl (C=O) groups is 1. The number of pyridine rings is 1. The normalized spacial score (nSPS) is 14.4. The molecule has 1 aliphatic heterocycles. The van der Waals surface area contributed by atoms with Gasteiger partial charge in [-0.15, -0.1) is 0 Å². The summed E-state index contributed by atoms with van der Waals surface area (Å²) in [5.41, 5.74) is 6.82. The van der Waals surface area contributed by atoms with E-state index >= 15 is 0 Å². The maximum Gasteiger partial charge on any atom is 0.314 e. The number of H-pyrrole nitrogens is 1. The van der Waals surface area contributed by atoms with Gasteiger partial charge in [-0.2, -0.15) is 0 Å². The van der Waals surface area contributed by atoms with E-state index in [-0.39, 0.29) is 6.03 Å². The Labute approximate surface area is 201 Å². The maximum absolute atomic E-state index is 11.3. The number of hydrogen-bond donors (Lipinski definition) is 2. The van der Waals surface area contributed by atoms with Gasteiger partial charge in [0.05, 0.1) is 30.8 Å². The molecule has 3 N–H and O–H groups in total. The van der Waals surface area contributed by atoms with Gasteiger partial charge in [0, 0.05) is 50.4 Å². The summed E-state index contributed by atoms with van der Waals surface area (Å²) in [6, 6.07) is 7.14. The Morgan fingerprint density at radius 3 is 2.77 bits per heavy atom. The molecule has 35 heavy (non-hydrogen) atoms. The predicted molar refractivity (Wildman–Crippen MR) is 130 cm³/mol. The van der Waals surface area contributed by atoms with E-state index in [0.29, 0.717) is 53.7 Å². The summed E-state index contributed by atoms with van der Waals surface area (Å²) in [7, 11) is 1.60. The highest BCUT2D eigenvalue weighted by molar-refractivity contribution is 5.87. The predicted octanol–water partition coefficient (Wildman–Crippen LogP) is 2.77. The number of carbonyl (C=O) groups excluding carboxylic acids is 1. The number of hydrogen-bond acceptors (Lipinski definition) is 8. The number of nitrogens with two attached hydrogens (primary N) is 1. The molecule has 11 heteroatoms. The zero-order valence-electron chi connectivity index (χ0n) is 19.4. The lowest BCUT2D eigenvalue weighted by Crippen LogP contribution is -2.50. The lowest BCUT2D eigenvalue weighted by Gasteiger charge is -2.33. The second-order valence-corrected chi connectivity index (χ2v) is 8.26. The van der Waals surface area contributed by atoms with Gasteiger partial charge >= 0.3 is 6.03 Å². The van der Waals surface area contributed by atoms with Crippen LogP contribution in [0.3, 0.4) is 0 Å². The van der Waals surface area contributed by atoms with E-state index in [4.69, 9.17) is 19.9 Å². The van der Waals surface area contributed by atoms with Crippen LogP contribution in [-0.2, 0) is 0 Å². The number of nitrogens with zero attached hydrogens (tertiary/aromatic N) is 5. The van der Waals surface area contributed by atoms with Crippen molar-refractivity contribution in [3.8, 4) is 23.1 Å². The molecule has 4 heterocycles. The van der Waals surface area contributed by atoms with Crippen LogP contribution in [0.1, 0.15) is 6.42 Å². The molecule has 0 aliphatic carbocycles. The third kappa shape index (κ3) is 5.04. The third-order valence-electron chi connectivity index (χ3n) is 6.03. The molecule has 5 rings (SSSR count). The number of ether oxygens (including phenoxy) is 3. The molecule has 2 amide bonds. The Bertz CT molecular complexity index is 1330. The number of primary amides is 1. The monoisotopic (exact) mass is 477 g/mol. The summed E-state index contributed by atoms with van der Waals surface area (Å²) in [4.78, 5) is 31.4. The molecule has 1 fully saturated rings. The minimum Gasteiger partial charge on any atom is -0.493 e. The number of urea groups is 1. The van der Waals surface area contributed by atoms with E-state index in [1.165, 1.54) is 6.33 Å². The van der Waals surface area contributed by atoms with Crippen LogP contribution in [0, 0.1) is 0 Å². The number of rotatable bonds is 8. The Hall–Kier alpha value is -4.12. The van der Waals surface area contributed by atoms with Gasteiger partial charge in [-0.05, 0) is 24.6 Å². The van der Waals surface area contributed by atoms with Gasteiger partial charge in [0.1, 0.15) is 17.7 Å². The van der Waals surface area contributed by atoms with E-state index < -0.39 is 0 Å². The van der Waals surface area contributed by atoms with Gasteiger partial charge < -0.3 is 29.8 Å². The molecule has 0 spiro atoms. The van der Waals surface area contributed by atoms with Gasteiger partial charge in [-0.1, -0.05) is 0 Å². The Kier molecular flexibility index (Phi) is 6.49. The van der Waals surface area contributed by atoms with Crippen molar-refractivity contribution in [2.45, 2.75) is 6.42 Å². The molecule has 11 nitrogen and oxygen atoms in total. The van der Waals surface area contributed by atoms with Crippen molar-refractivity contribution in [1.29, 1.82) is 0 Å². The summed E-state index contributed by atoms with van der Waals surface area (Å²) in [5, 5.41) is 1.65. The van der Waals surface area contributed by atoms with Crippen molar-refractivity contribution in [2.75, 3.05) is 46.4 Å². The Morgan fingerprint density at radius 1 is 1.11 bits per heavy atom. The highest BCUT2D eigenvalue weighted by Gasteiger charge is 2.19. The third-order valence-corrected chi connectivity index (χ3v) is 6.03. The minimum absolute atomic E-state index is 0.354. The topological polar surface area (TPSA) is 132 Å². The molecule has 182 valence electrons. The quantitative estimate of drug-likeness (QED) is 0.370. The Balaban J connectivity index is 1.24. The van der Waals surface area contributed by atoms with Gasteiger partial charge in [-0.3, -0.25) is 4.90 Å². The number of aromatic amines is 1. The van der Waals surface area contributed by atoms with Gasteiger partial charge in [-0.25, -0.2) is 19.7 Å². The van der Waals surface area contributed by atoms with Crippen LogP contribution in [0.25, 0.3) is 21.9 Å². The molecule has 1 aliphatic rings. The molecular weight excluding hydrogens is 450 g/mol. The number of nitrogens with one attached hydrogen (secondary N) is 1. The zero-order valence-corrected chi connectivity index (χ0v) is 19.4. The molecule has 0 atom stereocenters. The van der Waals surface area contributed by atoms with Crippen LogP contribution in [0.15, 0.2) is 43.0 Å². The van der Waals surface area contributed by atoms with Crippen molar-refractivity contribution in [1.82, 2.24) is 29.7 Å². The Morgan fingerprint density at radius 2 is 1.97 bits per heavy atom. The van der Waals surface area contributed by atoms with Crippen LogP contribution in [-0.4, -0.2) is 82.2 Å². The van der Waals surface area contributed by atoms with Crippen molar-refractivity contribution in [2.24, 2.45) is 5.73 Å². The molecule has 4 aromatic rings. The van der Waals surface area contributed by atoms with Crippen LogP contribution in [0.4, 0.5) is 4.79 Å². The van der Waals surface area contributed by atoms with Crippen LogP contribution in [0.2, 0.25) is 0 Å². The van der Waals surface area contributed by atoms with Crippen molar-refractivity contribution in [3.63, 3.8) is 0 Å². The summed E-state index contributed by atoms with van der Waals surface area (Å²) in [6.45, 7) is 4.35. The van der Waals surface area contributed by atoms with Crippen molar-refractivity contribution < 1.29 is 19.0 Å². The van der Waals surface area contributed by atoms with Gasteiger partial charge in [0.25, 0.3) is 0 Å². The molecule has 0 radical (unpaired) electrons. The zero-order chi connectivity index (χ0) is 24.2. The molecule has 1 aromatic carbocycles. The van der Waals surface area contributed by atoms with E-state index in [1.807, 2.05) is 30.5 Å². The highest BCUT2D eigenvalue weighted by Crippen LogP contribution is 2.36. The summed E-state index contributed by atoms with van der Waals surface area (Å²) in [5.74, 6) is 2.17. The van der Waals surface area contributed by atoms with Gasteiger partial charge in [0.2, 0.25) is 5.88 Å². The average molecular weight is 478 g/mol. The summed E-state index contributed by atoms with van der Waals surface area (Å²) >= 11 is 0. The van der Waals surface area contributed by atoms with Crippen LogP contribution < -0.4 is 19.9 Å². The first kappa shape index (κ1) is 22.7. The first-order valence-electron chi connectivity index (χ1n) is 11.4. The number of benzene rings is 1. The first-order chi connectivity index (χ1) is 17.1. The van der Waals surface area contributed by atoms with Crippen LogP contribution >= 0.6 is 0 Å². The number of methoxy groups -OCH3 is 1.